The normalized spacial score (nSPS) is 22.0. The van der Waals surface area contributed by atoms with Crippen LogP contribution in [-0.2, 0) is 9.59 Å². The van der Waals surface area contributed by atoms with Crippen molar-refractivity contribution in [3.05, 3.63) is 24.3 Å². The Morgan fingerprint density at radius 3 is 2.35 bits per heavy atom. The van der Waals surface area contributed by atoms with E-state index in [0.717, 1.165) is 0 Å². The van der Waals surface area contributed by atoms with Crippen LogP contribution in [0, 0.1) is 11.8 Å². The van der Waals surface area contributed by atoms with Crippen LogP contribution in [0.25, 0.3) is 0 Å². The van der Waals surface area contributed by atoms with Gasteiger partial charge in [-0.15, -0.1) is 0 Å². The van der Waals surface area contributed by atoms with Crippen molar-refractivity contribution in [1.82, 2.24) is 4.90 Å². The number of amides is 1. The Morgan fingerprint density at radius 1 is 1.31 bits per heavy atom. The number of anilines is 1. The molecule has 1 heterocycles. The summed E-state index contributed by atoms with van der Waals surface area (Å²) in [7, 11) is 1.50. The number of alkyl halides is 3. The van der Waals surface area contributed by atoms with Crippen LogP contribution in [-0.4, -0.2) is 54.3 Å². The molecule has 9 heteroatoms. The highest BCUT2D eigenvalue weighted by Crippen LogP contribution is 2.38. The number of halogens is 3. The first-order valence-electron chi connectivity index (χ1n) is 8.15. The first-order valence-corrected chi connectivity index (χ1v) is 8.15. The smallest absolute Gasteiger partial charge is 0.393 e. The van der Waals surface area contributed by atoms with E-state index in [1.54, 1.807) is 31.2 Å². The number of hydrogen-bond donors (Lipinski definition) is 2. The van der Waals surface area contributed by atoms with Crippen LogP contribution in [0.3, 0.4) is 0 Å². The molecule has 1 saturated heterocycles. The number of likely N-dealkylation sites (tertiary alicyclic amines) is 1. The summed E-state index contributed by atoms with van der Waals surface area (Å²) in [6, 6.07) is 5.68. The molecule has 1 aromatic rings. The van der Waals surface area contributed by atoms with Crippen molar-refractivity contribution in [2.24, 2.45) is 11.8 Å². The molecule has 6 nitrogen and oxygen atoms in total. The minimum atomic E-state index is -4.62. The second-order valence-electron chi connectivity index (χ2n) is 6.19. The number of ether oxygens (including phenoxy) is 1. The fourth-order valence-electron chi connectivity index (χ4n) is 3.18. The average molecular weight is 374 g/mol. The zero-order valence-electron chi connectivity index (χ0n) is 14.4. The molecule has 3 atom stereocenters. The largest absolute Gasteiger partial charge is 0.497 e. The molecule has 0 bridgehead atoms. The van der Waals surface area contributed by atoms with Gasteiger partial charge in [0.2, 0.25) is 5.91 Å². The van der Waals surface area contributed by atoms with Gasteiger partial charge in [0.15, 0.2) is 0 Å². The highest BCUT2D eigenvalue weighted by atomic mass is 19.4. The Morgan fingerprint density at radius 2 is 1.92 bits per heavy atom. The van der Waals surface area contributed by atoms with Crippen molar-refractivity contribution in [3.8, 4) is 5.75 Å². The van der Waals surface area contributed by atoms with Crippen LogP contribution in [0.4, 0.5) is 18.9 Å². The summed E-state index contributed by atoms with van der Waals surface area (Å²) in [5.41, 5.74) is 0.482. The van der Waals surface area contributed by atoms with Crippen molar-refractivity contribution < 1.29 is 32.6 Å². The monoisotopic (exact) mass is 374 g/mol. The lowest BCUT2D eigenvalue weighted by Gasteiger charge is -2.26. The van der Waals surface area contributed by atoms with Gasteiger partial charge in [-0.1, -0.05) is 6.92 Å². The van der Waals surface area contributed by atoms with Crippen molar-refractivity contribution >= 4 is 17.6 Å². The van der Waals surface area contributed by atoms with E-state index in [4.69, 9.17) is 9.84 Å². The van der Waals surface area contributed by atoms with Gasteiger partial charge < -0.3 is 15.2 Å². The van der Waals surface area contributed by atoms with E-state index in [2.05, 4.69) is 5.32 Å². The molecule has 0 aromatic heterocycles. The van der Waals surface area contributed by atoms with E-state index >= 15 is 0 Å². The van der Waals surface area contributed by atoms with Gasteiger partial charge in [0.05, 0.1) is 25.0 Å². The fourth-order valence-corrected chi connectivity index (χ4v) is 3.18. The molecule has 1 aromatic carbocycles. The van der Waals surface area contributed by atoms with E-state index in [9.17, 15) is 22.8 Å². The zero-order valence-corrected chi connectivity index (χ0v) is 14.4. The van der Waals surface area contributed by atoms with Crippen LogP contribution in [0.5, 0.6) is 5.75 Å². The van der Waals surface area contributed by atoms with Gasteiger partial charge in [0.25, 0.3) is 0 Å². The summed E-state index contributed by atoms with van der Waals surface area (Å²) >= 11 is 0. The third-order valence-corrected chi connectivity index (χ3v) is 4.57. The summed E-state index contributed by atoms with van der Waals surface area (Å²) in [6.45, 7) is 0.859. The Bertz CT molecular complexity index is 648. The number of carboxylic acids is 1. The molecule has 0 radical (unpaired) electrons. The molecule has 1 fully saturated rings. The maximum absolute atomic E-state index is 13.1. The third-order valence-electron chi connectivity index (χ3n) is 4.57. The lowest BCUT2D eigenvalue weighted by molar-refractivity contribution is -0.188. The number of rotatable bonds is 6. The number of benzene rings is 1. The Labute approximate surface area is 148 Å². The molecule has 0 aliphatic carbocycles. The second kappa shape index (κ2) is 7.94. The number of carbonyl (C=O) groups is 2. The number of nitrogens with one attached hydrogen (secondary N) is 1. The van der Waals surface area contributed by atoms with Crippen LogP contribution in [0.1, 0.15) is 13.3 Å². The molecule has 2 N–H and O–H groups in total. The summed E-state index contributed by atoms with van der Waals surface area (Å²) < 4.78 is 44.4. The predicted molar refractivity (Wildman–Crippen MR) is 87.9 cm³/mol. The number of methoxy groups -OCH3 is 1. The minimum absolute atomic E-state index is 0.263. The molecular formula is C17H21F3N2O4. The van der Waals surface area contributed by atoms with Gasteiger partial charge in [-0.25, -0.2) is 0 Å². The summed E-state index contributed by atoms with van der Waals surface area (Å²) in [5, 5.41) is 11.8. The highest BCUT2D eigenvalue weighted by Gasteiger charge is 2.53. The standard InChI is InChI=1S/C17H21F3N2O4/c1-3-14(15(23)21-10-4-6-11(26-2)7-5-10)22-8-12(16(24)25)13(9-22)17(18,19)20/h4-7,12-14H,3,8-9H2,1-2H3,(H,21,23)(H,24,25)/t12-,13-,14?/m1/s1. The first kappa shape index (κ1) is 20.0. The molecule has 1 aliphatic heterocycles. The Hall–Kier alpha value is -2.29. The lowest BCUT2D eigenvalue weighted by atomic mass is 9.96. The van der Waals surface area contributed by atoms with Crippen LogP contribution >= 0.6 is 0 Å². The van der Waals surface area contributed by atoms with E-state index < -0.39 is 42.5 Å². The average Bonchev–Trinajstić information content (AvgIpc) is 3.02. The lowest BCUT2D eigenvalue weighted by Crippen LogP contribution is -2.43. The van der Waals surface area contributed by atoms with Crippen LogP contribution in [0.15, 0.2) is 24.3 Å². The molecule has 26 heavy (non-hydrogen) atoms. The molecule has 0 saturated carbocycles. The molecule has 1 amide bonds. The molecule has 144 valence electrons. The van der Waals surface area contributed by atoms with E-state index in [1.807, 2.05) is 0 Å². The van der Waals surface area contributed by atoms with Crippen molar-refractivity contribution in [2.45, 2.75) is 25.6 Å². The molecule has 2 rings (SSSR count). The Balaban J connectivity index is 2.11. The van der Waals surface area contributed by atoms with Crippen molar-refractivity contribution in [1.29, 1.82) is 0 Å². The van der Waals surface area contributed by atoms with Gasteiger partial charge in [0.1, 0.15) is 5.75 Å². The SMILES string of the molecule is CCC(C(=O)Nc1ccc(OC)cc1)N1C[C@@H](C(F)(F)F)[C@H](C(=O)O)C1. The predicted octanol–water partition coefficient (Wildman–Crippen LogP) is 2.61. The summed E-state index contributed by atoms with van der Waals surface area (Å²) in [6.07, 6.45) is -4.36. The maximum Gasteiger partial charge on any atom is 0.393 e. The number of hydrogen-bond acceptors (Lipinski definition) is 4. The summed E-state index contributed by atoms with van der Waals surface area (Å²) in [5.74, 6) is -4.92. The molecular weight excluding hydrogens is 353 g/mol. The first-order chi connectivity index (χ1) is 12.2. The zero-order chi connectivity index (χ0) is 19.5. The van der Waals surface area contributed by atoms with Gasteiger partial charge >= 0.3 is 12.1 Å². The van der Waals surface area contributed by atoms with Crippen LogP contribution in [0.2, 0.25) is 0 Å². The summed E-state index contributed by atoms with van der Waals surface area (Å²) in [4.78, 5) is 25.0. The number of nitrogens with zero attached hydrogens (tertiary/aromatic N) is 1. The number of aliphatic carboxylic acids is 1. The van der Waals surface area contributed by atoms with Crippen molar-refractivity contribution in [2.75, 3.05) is 25.5 Å². The van der Waals surface area contributed by atoms with Gasteiger partial charge in [-0.05, 0) is 30.7 Å². The number of carboxylic acid groups (broad SMARTS) is 1. The molecule has 1 aliphatic rings. The molecule has 0 spiro atoms. The van der Waals surface area contributed by atoms with E-state index in [0.29, 0.717) is 11.4 Å². The van der Waals surface area contributed by atoms with Gasteiger partial charge in [0, 0.05) is 18.8 Å². The van der Waals surface area contributed by atoms with E-state index in [1.165, 1.54) is 12.0 Å². The highest BCUT2D eigenvalue weighted by molar-refractivity contribution is 5.95. The van der Waals surface area contributed by atoms with Crippen molar-refractivity contribution in [3.63, 3.8) is 0 Å². The van der Waals surface area contributed by atoms with Gasteiger partial charge in [-0.2, -0.15) is 13.2 Å². The quantitative estimate of drug-likeness (QED) is 0.800. The third kappa shape index (κ3) is 4.46. The number of carbonyl (C=O) groups excluding carboxylic acids is 1. The van der Waals surface area contributed by atoms with Gasteiger partial charge in [-0.3, -0.25) is 14.5 Å². The topological polar surface area (TPSA) is 78.9 Å². The minimum Gasteiger partial charge on any atom is -0.497 e. The van der Waals surface area contributed by atoms with E-state index in [-0.39, 0.29) is 13.0 Å². The second-order valence-corrected chi connectivity index (χ2v) is 6.19. The molecule has 1 unspecified atom stereocenters. The van der Waals surface area contributed by atoms with Crippen LogP contribution < -0.4 is 10.1 Å². The Kier molecular flexibility index (Phi) is 6.12. The maximum atomic E-state index is 13.1. The fraction of sp³-hybridized carbons (Fsp3) is 0.529.